The summed E-state index contributed by atoms with van der Waals surface area (Å²) >= 11 is 1.18. The maximum atomic E-state index is 13.6. The van der Waals surface area contributed by atoms with Gasteiger partial charge in [-0.15, -0.1) is 11.3 Å². The number of carbonyl (C=O) groups excluding carboxylic acids is 1. The zero-order chi connectivity index (χ0) is 24.0. The lowest BCUT2D eigenvalue weighted by atomic mass is 10.0. The average Bonchev–Trinajstić information content (AvgIpc) is 3.37. The Kier molecular flexibility index (Phi) is 7.36. The average molecular weight is 494 g/mol. The second kappa shape index (κ2) is 10.6. The number of carbonyl (C=O) groups is 1. The number of nitrogens with one attached hydrogen (secondary N) is 1. The summed E-state index contributed by atoms with van der Waals surface area (Å²) in [4.78, 5) is 19.1. The molecule has 0 aliphatic heterocycles. The molecule has 1 atom stereocenters. The third-order valence-corrected chi connectivity index (χ3v) is 7.43. The molecule has 4 aromatic rings. The van der Waals surface area contributed by atoms with Gasteiger partial charge in [-0.2, -0.15) is 0 Å². The van der Waals surface area contributed by atoms with Crippen molar-refractivity contribution in [2.45, 2.75) is 17.5 Å². The van der Waals surface area contributed by atoms with Crippen LogP contribution < -0.4 is 4.72 Å². The largest absolute Gasteiger partial charge is 0.394 e. The molecule has 0 saturated carbocycles. The molecule has 3 aromatic carbocycles. The first-order chi connectivity index (χ1) is 16.5. The Hall–Kier alpha value is -3.53. The van der Waals surface area contributed by atoms with E-state index >= 15 is 0 Å². The molecule has 0 radical (unpaired) electrons. The molecule has 1 heterocycles. The van der Waals surface area contributed by atoms with E-state index in [1.807, 2.05) is 60.7 Å². The Balaban J connectivity index is 1.63. The Morgan fingerprint density at radius 1 is 0.971 bits per heavy atom. The molecule has 0 aliphatic carbocycles. The summed E-state index contributed by atoms with van der Waals surface area (Å²) < 4.78 is 27.7. The van der Waals surface area contributed by atoms with Crippen molar-refractivity contribution in [3.8, 4) is 0 Å². The summed E-state index contributed by atoms with van der Waals surface area (Å²) in [6, 6.07) is 24.0. The van der Waals surface area contributed by atoms with Crippen LogP contribution in [0.4, 0.5) is 5.13 Å². The number of rotatable bonds is 9. The van der Waals surface area contributed by atoms with Crippen molar-refractivity contribution in [2.75, 3.05) is 11.3 Å². The minimum Gasteiger partial charge on any atom is -0.394 e. The number of hydrogen-bond donors (Lipinski definition) is 2. The van der Waals surface area contributed by atoms with E-state index in [9.17, 15) is 18.3 Å². The molecule has 34 heavy (non-hydrogen) atoms. The van der Waals surface area contributed by atoms with Gasteiger partial charge in [0.15, 0.2) is 5.13 Å². The van der Waals surface area contributed by atoms with E-state index in [-0.39, 0.29) is 29.1 Å². The standard InChI is InChI=1S/C25H23N3O4S2/c29-18-23(20-9-5-2-6-10-20)28(17-19-7-3-1-4-8-19)24(30)21-11-13-22(14-12-21)34(31,32)27-25-26-15-16-33-25/h1-16,23,29H,17-18H2,(H,26,27). The van der Waals surface area contributed by atoms with Gasteiger partial charge in [0.2, 0.25) is 0 Å². The van der Waals surface area contributed by atoms with E-state index in [1.54, 1.807) is 10.3 Å². The molecular formula is C25H23N3O4S2. The second-order valence-electron chi connectivity index (χ2n) is 7.49. The third-order valence-electron chi connectivity index (χ3n) is 5.26. The molecule has 0 fully saturated rings. The van der Waals surface area contributed by atoms with Crippen molar-refractivity contribution in [2.24, 2.45) is 0 Å². The molecule has 0 bridgehead atoms. The molecule has 174 valence electrons. The predicted octanol–water partition coefficient (Wildman–Crippen LogP) is 4.32. The van der Waals surface area contributed by atoms with Gasteiger partial charge in [0.1, 0.15) is 0 Å². The molecule has 2 N–H and O–H groups in total. The number of sulfonamides is 1. The van der Waals surface area contributed by atoms with Crippen LogP contribution in [-0.2, 0) is 16.6 Å². The molecule has 0 aliphatic rings. The number of amides is 1. The number of nitrogens with zero attached hydrogens (tertiary/aromatic N) is 2. The normalized spacial score (nSPS) is 12.1. The quantitative estimate of drug-likeness (QED) is 0.362. The smallest absolute Gasteiger partial charge is 0.263 e. The zero-order valence-electron chi connectivity index (χ0n) is 18.1. The Morgan fingerprint density at radius 2 is 1.62 bits per heavy atom. The van der Waals surface area contributed by atoms with Crippen LogP contribution in [0.15, 0.2) is 101 Å². The monoisotopic (exact) mass is 493 g/mol. The second-order valence-corrected chi connectivity index (χ2v) is 10.1. The van der Waals surface area contributed by atoms with Gasteiger partial charge < -0.3 is 10.0 Å². The van der Waals surface area contributed by atoms with Gasteiger partial charge in [-0.3, -0.25) is 9.52 Å². The fourth-order valence-electron chi connectivity index (χ4n) is 3.55. The summed E-state index contributed by atoms with van der Waals surface area (Å²) in [6.07, 6.45) is 1.51. The SMILES string of the molecule is O=C(c1ccc(S(=O)(=O)Nc2nccs2)cc1)N(Cc1ccccc1)C(CO)c1ccccc1. The number of aliphatic hydroxyl groups excluding tert-OH is 1. The van der Waals surface area contributed by atoms with E-state index in [0.717, 1.165) is 11.1 Å². The van der Waals surface area contributed by atoms with Gasteiger partial charge in [0.25, 0.3) is 15.9 Å². The first kappa shape index (κ1) is 23.6. The van der Waals surface area contributed by atoms with Gasteiger partial charge in [-0.1, -0.05) is 60.7 Å². The van der Waals surface area contributed by atoms with E-state index in [2.05, 4.69) is 9.71 Å². The summed E-state index contributed by atoms with van der Waals surface area (Å²) in [5, 5.41) is 12.1. The molecule has 1 aromatic heterocycles. The number of aromatic nitrogens is 1. The highest BCUT2D eigenvalue weighted by molar-refractivity contribution is 7.93. The highest BCUT2D eigenvalue weighted by Crippen LogP contribution is 2.26. The predicted molar refractivity (Wildman–Crippen MR) is 132 cm³/mol. The summed E-state index contributed by atoms with van der Waals surface area (Å²) in [5.74, 6) is -0.316. The molecule has 0 spiro atoms. The lowest BCUT2D eigenvalue weighted by molar-refractivity contribution is 0.0568. The Bertz CT molecular complexity index is 1310. The van der Waals surface area contributed by atoms with Gasteiger partial charge >= 0.3 is 0 Å². The van der Waals surface area contributed by atoms with Crippen molar-refractivity contribution >= 4 is 32.4 Å². The van der Waals surface area contributed by atoms with Gasteiger partial charge in [0.05, 0.1) is 17.5 Å². The van der Waals surface area contributed by atoms with Crippen LogP contribution in [0.5, 0.6) is 0 Å². The molecule has 7 nitrogen and oxygen atoms in total. The van der Waals surface area contributed by atoms with Crippen LogP contribution in [-0.4, -0.2) is 35.9 Å². The van der Waals surface area contributed by atoms with Crippen molar-refractivity contribution in [1.29, 1.82) is 0 Å². The van der Waals surface area contributed by atoms with E-state index < -0.39 is 16.1 Å². The first-order valence-corrected chi connectivity index (χ1v) is 12.9. The molecule has 1 amide bonds. The van der Waals surface area contributed by atoms with E-state index in [4.69, 9.17) is 0 Å². The maximum Gasteiger partial charge on any atom is 0.263 e. The van der Waals surface area contributed by atoms with Crippen LogP contribution >= 0.6 is 11.3 Å². The topological polar surface area (TPSA) is 99.6 Å². The summed E-state index contributed by atoms with van der Waals surface area (Å²) in [6.45, 7) is 0.0260. The van der Waals surface area contributed by atoms with Gasteiger partial charge in [-0.05, 0) is 35.4 Å². The van der Waals surface area contributed by atoms with E-state index in [1.165, 1.54) is 41.8 Å². The first-order valence-electron chi connectivity index (χ1n) is 10.5. The van der Waals surface area contributed by atoms with Gasteiger partial charge in [-0.25, -0.2) is 13.4 Å². The van der Waals surface area contributed by atoms with E-state index in [0.29, 0.717) is 5.56 Å². The van der Waals surface area contributed by atoms with Crippen molar-refractivity contribution in [1.82, 2.24) is 9.88 Å². The summed E-state index contributed by atoms with van der Waals surface area (Å²) in [5.41, 5.74) is 2.04. The number of hydrogen-bond acceptors (Lipinski definition) is 6. The number of aliphatic hydroxyl groups is 1. The minimum absolute atomic E-state index is 0.0237. The lowest BCUT2D eigenvalue weighted by Gasteiger charge is -2.31. The fraction of sp³-hybridized carbons (Fsp3) is 0.120. The molecule has 0 saturated heterocycles. The lowest BCUT2D eigenvalue weighted by Crippen LogP contribution is -2.36. The number of anilines is 1. The van der Waals surface area contributed by atoms with Crippen molar-refractivity contribution < 1.29 is 18.3 Å². The molecule has 9 heteroatoms. The molecule has 1 unspecified atom stereocenters. The number of thiazole rings is 1. The van der Waals surface area contributed by atoms with Crippen LogP contribution in [0.25, 0.3) is 0 Å². The van der Waals surface area contributed by atoms with Crippen molar-refractivity contribution in [3.63, 3.8) is 0 Å². The van der Waals surface area contributed by atoms with Crippen LogP contribution in [0.2, 0.25) is 0 Å². The van der Waals surface area contributed by atoms with Gasteiger partial charge in [0, 0.05) is 23.7 Å². The van der Waals surface area contributed by atoms with Crippen LogP contribution in [0.3, 0.4) is 0 Å². The highest BCUT2D eigenvalue weighted by atomic mass is 32.2. The Labute approximate surface area is 202 Å². The number of benzene rings is 3. The highest BCUT2D eigenvalue weighted by Gasteiger charge is 2.26. The third kappa shape index (κ3) is 5.51. The molecule has 4 rings (SSSR count). The zero-order valence-corrected chi connectivity index (χ0v) is 19.7. The van der Waals surface area contributed by atoms with Crippen molar-refractivity contribution in [3.05, 3.63) is 113 Å². The molecular weight excluding hydrogens is 470 g/mol. The maximum absolute atomic E-state index is 13.6. The minimum atomic E-state index is -3.83. The van der Waals surface area contributed by atoms with Crippen LogP contribution in [0.1, 0.15) is 27.5 Å². The fourth-order valence-corrected chi connectivity index (χ4v) is 5.34. The van der Waals surface area contributed by atoms with Crippen LogP contribution in [0, 0.1) is 0 Å². The Morgan fingerprint density at radius 3 is 2.21 bits per heavy atom. The summed E-state index contributed by atoms with van der Waals surface area (Å²) in [7, 11) is -3.83.